The number of carbonyl (C=O) groups excluding carboxylic acids is 1. The van der Waals surface area contributed by atoms with E-state index in [-0.39, 0.29) is 5.91 Å². The molecule has 3 N–H and O–H groups in total. The van der Waals surface area contributed by atoms with Crippen molar-refractivity contribution in [3.8, 4) is 0 Å². The van der Waals surface area contributed by atoms with Crippen LogP contribution in [0.2, 0.25) is 0 Å². The van der Waals surface area contributed by atoms with Crippen LogP contribution >= 0.6 is 11.3 Å². The normalized spacial score (nSPS) is 15.1. The third kappa shape index (κ3) is 3.54. The van der Waals surface area contributed by atoms with Crippen molar-refractivity contribution < 1.29 is 4.79 Å². The average molecular weight is 267 g/mol. The molecule has 1 aliphatic rings. The summed E-state index contributed by atoms with van der Waals surface area (Å²) in [5.41, 5.74) is 3.31. The summed E-state index contributed by atoms with van der Waals surface area (Å²) in [6.07, 6.45) is 3.87. The zero-order valence-corrected chi connectivity index (χ0v) is 11.6. The molecule has 1 saturated carbocycles. The monoisotopic (exact) mass is 267 g/mol. The number of amides is 1. The Morgan fingerprint density at radius 3 is 3.00 bits per heavy atom. The van der Waals surface area contributed by atoms with Crippen LogP contribution in [-0.4, -0.2) is 23.9 Å². The van der Waals surface area contributed by atoms with Gasteiger partial charge in [-0.1, -0.05) is 6.92 Å². The van der Waals surface area contributed by atoms with Gasteiger partial charge in [0.05, 0.1) is 4.88 Å². The van der Waals surface area contributed by atoms with Crippen molar-refractivity contribution >= 4 is 17.2 Å². The zero-order valence-electron chi connectivity index (χ0n) is 10.8. The second-order valence-corrected chi connectivity index (χ2v) is 5.84. The molecule has 0 saturated heterocycles. The smallest absolute Gasteiger partial charge is 0.275 e. The Kier molecular flexibility index (Phi) is 4.74. The van der Waals surface area contributed by atoms with Crippen LogP contribution in [-0.2, 0) is 6.54 Å². The second kappa shape index (κ2) is 6.31. The maximum atomic E-state index is 11.6. The number of rotatable bonds is 7. The fourth-order valence-corrected chi connectivity index (χ4v) is 3.00. The summed E-state index contributed by atoms with van der Waals surface area (Å²) >= 11 is 1.46. The summed E-state index contributed by atoms with van der Waals surface area (Å²) in [6.45, 7) is 5.31. The second-order valence-electron chi connectivity index (χ2n) is 4.93. The Labute approximate surface area is 112 Å². The fraction of sp³-hybridized carbons (Fsp3) is 0.615. The van der Waals surface area contributed by atoms with E-state index in [9.17, 15) is 4.79 Å². The van der Waals surface area contributed by atoms with E-state index in [4.69, 9.17) is 5.84 Å². The van der Waals surface area contributed by atoms with E-state index in [2.05, 4.69) is 17.2 Å². The molecule has 100 valence electrons. The quantitative estimate of drug-likeness (QED) is 0.451. The molecule has 1 fully saturated rings. The highest BCUT2D eigenvalue weighted by Gasteiger charge is 2.24. The highest BCUT2D eigenvalue weighted by molar-refractivity contribution is 7.12. The Morgan fingerprint density at radius 1 is 1.61 bits per heavy atom. The number of nitrogens with one attached hydrogen (secondary N) is 1. The molecule has 0 radical (unpaired) electrons. The van der Waals surface area contributed by atoms with E-state index < -0.39 is 0 Å². The van der Waals surface area contributed by atoms with E-state index in [1.807, 2.05) is 11.4 Å². The van der Waals surface area contributed by atoms with Gasteiger partial charge in [-0.2, -0.15) is 0 Å². The lowest BCUT2D eigenvalue weighted by Gasteiger charge is -2.21. The maximum absolute atomic E-state index is 11.6. The van der Waals surface area contributed by atoms with E-state index in [1.165, 1.54) is 24.2 Å². The molecule has 0 aliphatic heterocycles. The molecular formula is C13H21N3OS. The molecular weight excluding hydrogens is 246 g/mol. The average Bonchev–Trinajstić information content (AvgIpc) is 3.05. The lowest BCUT2D eigenvalue weighted by Crippen LogP contribution is -2.31. The first-order valence-corrected chi connectivity index (χ1v) is 7.42. The number of hydrogen-bond donors (Lipinski definition) is 2. The molecule has 1 amide bonds. The first-order valence-electron chi connectivity index (χ1n) is 6.54. The third-order valence-corrected chi connectivity index (χ3v) is 4.19. The molecule has 0 unspecified atom stereocenters. The van der Waals surface area contributed by atoms with Crippen molar-refractivity contribution in [1.29, 1.82) is 0 Å². The van der Waals surface area contributed by atoms with Crippen LogP contribution in [0.15, 0.2) is 11.4 Å². The van der Waals surface area contributed by atoms with Gasteiger partial charge in [0.1, 0.15) is 0 Å². The first-order chi connectivity index (χ1) is 8.74. The molecule has 0 aromatic carbocycles. The number of nitrogen functional groups attached to an aromatic ring is 1. The molecule has 1 heterocycles. The largest absolute Gasteiger partial charge is 0.299 e. The van der Waals surface area contributed by atoms with Gasteiger partial charge in [0.25, 0.3) is 5.91 Å². The van der Waals surface area contributed by atoms with Crippen molar-refractivity contribution in [2.24, 2.45) is 11.8 Å². The Balaban J connectivity index is 2.00. The number of thiophene rings is 1. The Hall–Kier alpha value is -0.910. The molecule has 2 rings (SSSR count). The zero-order chi connectivity index (χ0) is 13.0. The van der Waals surface area contributed by atoms with Gasteiger partial charge in [-0.15, -0.1) is 11.3 Å². The SMILES string of the molecule is CCCN(Cc1ccsc1C(=O)NN)CC1CC1. The van der Waals surface area contributed by atoms with Gasteiger partial charge in [-0.05, 0) is 48.7 Å². The van der Waals surface area contributed by atoms with Crippen LogP contribution in [0.1, 0.15) is 41.4 Å². The van der Waals surface area contributed by atoms with Gasteiger partial charge in [0.2, 0.25) is 0 Å². The number of hydrogen-bond acceptors (Lipinski definition) is 4. The van der Waals surface area contributed by atoms with Gasteiger partial charge in [0, 0.05) is 13.1 Å². The summed E-state index contributed by atoms with van der Waals surface area (Å²) in [4.78, 5) is 14.8. The summed E-state index contributed by atoms with van der Waals surface area (Å²) in [5.74, 6) is 5.90. The summed E-state index contributed by atoms with van der Waals surface area (Å²) in [5, 5.41) is 1.96. The van der Waals surface area contributed by atoms with Crippen LogP contribution in [0.25, 0.3) is 0 Å². The molecule has 0 spiro atoms. The molecule has 1 aliphatic carbocycles. The molecule has 0 atom stereocenters. The molecule has 4 nitrogen and oxygen atoms in total. The van der Waals surface area contributed by atoms with Crippen molar-refractivity contribution in [3.63, 3.8) is 0 Å². The standard InChI is InChI=1S/C13H21N3OS/c1-2-6-16(8-10-3-4-10)9-11-5-7-18-12(11)13(17)15-14/h5,7,10H,2-4,6,8-9,14H2,1H3,(H,15,17). The van der Waals surface area contributed by atoms with E-state index in [1.54, 1.807) is 0 Å². The maximum Gasteiger partial charge on any atom is 0.275 e. The number of hydrazine groups is 1. The lowest BCUT2D eigenvalue weighted by atomic mass is 10.2. The molecule has 5 heteroatoms. The van der Waals surface area contributed by atoms with E-state index in [0.717, 1.165) is 42.4 Å². The molecule has 1 aromatic heterocycles. The van der Waals surface area contributed by atoms with Crippen LogP contribution in [0.5, 0.6) is 0 Å². The fourth-order valence-electron chi connectivity index (χ4n) is 2.18. The van der Waals surface area contributed by atoms with Gasteiger partial charge in [-0.25, -0.2) is 5.84 Å². The minimum absolute atomic E-state index is 0.178. The Bertz CT molecular complexity index is 401. The van der Waals surface area contributed by atoms with Crippen molar-refractivity contribution in [2.75, 3.05) is 13.1 Å². The van der Waals surface area contributed by atoms with Gasteiger partial charge in [0.15, 0.2) is 0 Å². The third-order valence-electron chi connectivity index (χ3n) is 3.23. The van der Waals surface area contributed by atoms with Gasteiger partial charge < -0.3 is 0 Å². The number of nitrogens with two attached hydrogens (primary N) is 1. The van der Waals surface area contributed by atoms with Crippen molar-refractivity contribution in [3.05, 3.63) is 21.9 Å². The predicted molar refractivity (Wildman–Crippen MR) is 74.3 cm³/mol. The van der Waals surface area contributed by atoms with Gasteiger partial charge >= 0.3 is 0 Å². The highest BCUT2D eigenvalue weighted by Crippen LogP contribution is 2.30. The van der Waals surface area contributed by atoms with Crippen molar-refractivity contribution in [2.45, 2.75) is 32.7 Å². The predicted octanol–water partition coefficient (Wildman–Crippen LogP) is 1.97. The topological polar surface area (TPSA) is 58.4 Å². The van der Waals surface area contributed by atoms with Crippen LogP contribution in [0.4, 0.5) is 0 Å². The van der Waals surface area contributed by atoms with Gasteiger partial charge in [-0.3, -0.25) is 15.1 Å². The van der Waals surface area contributed by atoms with Crippen LogP contribution in [0, 0.1) is 5.92 Å². The van der Waals surface area contributed by atoms with Crippen LogP contribution in [0.3, 0.4) is 0 Å². The van der Waals surface area contributed by atoms with Crippen molar-refractivity contribution in [1.82, 2.24) is 10.3 Å². The molecule has 18 heavy (non-hydrogen) atoms. The minimum atomic E-state index is -0.178. The lowest BCUT2D eigenvalue weighted by molar-refractivity contribution is 0.0955. The molecule has 0 bridgehead atoms. The summed E-state index contributed by atoms with van der Waals surface area (Å²) < 4.78 is 0. The number of carbonyl (C=O) groups is 1. The van der Waals surface area contributed by atoms with E-state index in [0.29, 0.717) is 0 Å². The van der Waals surface area contributed by atoms with Crippen LogP contribution < -0.4 is 11.3 Å². The summed E-state index contributed by atoms with van der Waals surface area (Å²) in [6, 6.07) is 2.03. The first kappa shape index (κ1) is 13.5. The van der Waals surface area contributed by atoms with E-state index >= 15 is 0 Å². The number of nitrogens with zero attached hydrogens (tertiary/aromatic N) is 1. The Morgan fingerprint density at radius 2 is 2.39 bits per heavy atom. The minimum Gasteiger partial charge on any atom is -0.299 e. The molecule has 1 aromatic rings. The highest BCUT2D eigenvalue weighted by atomic mass is 32.1. The summed E-state index contributed by atoms with van der Waals surface area (Å²) in [7, 11) is 0.